The fourth-order valence-corrected chi connectivity index (χ4v) is 1.75. The average Bonchev–Trinajstić information content (AvgIpc) is 2.86. The van der Waals surface area contributed by atoms with Crippen LogP contribution >= 0.6 is 0 Å². The number of fused-ring (bicyclic) bond motifs is 1. The van der Waals surface area contributed by atoms with Gasteiger partial charge in [-0.3, -0.25) is 4.79 Å². The van der Waals surface area contributed by atoms with Gasteiger partial charge in [0.2, 0.25) is 5.76 Å². The molecule has 0 bridgehead atoms. The van der Waals surface area contributed by atoms with Crippen LogP contribution in [0.5, 0.6) is 0 Å². The lowest BCUT2D eigenvalue weighted by atomic mass is 10.2. The fourth-order valence-electron chi connectivity index (χ4n) is 1.75. The van der Waals surface area contributed by atoms with Crippen LogP contribution in [0, 0.1) is 0 Å². The summed E-state index contributed by atoms with van der Waals surface area (Å²) in [6.45, 7) is 3.44. The number of furan rings is 1. The van der Waals surface area contributed by atoms with Gasteiger partial charge in [0.05, 0.1) is 0 Å². The van der Waals surface area contributed by atoms with Crippen LogP contribution in [0.25, 0.3) is 11.0 Å². The van der Waals surface area contributed by atoms with Crippen molar-refractivity contribution in [3.05, 3.63) is 30.0 Å². The molecule has 0 aliphatic heterocycles. The number of nitrogens with zero attached hydrogens (tertiary/aromatic N) is 1. The normalized spacial score (nSPS) is 10.9. The van der Waals surface area contributed by atoms with E-state index in [1.165, 1.54) is 4.90 Å². The van der Waals surface area contributed by atoms with Gasteiger partial charge in [-0.15, -0.1) is 0 Å². The highest BCUT2D eigenvalue weighted by Crippen LogP contribution is 2.22. The Morgan fingerprint density at radius 2 is 2.05 bits per heavy atom. The fraction of sp³-hybridized carbons (Fsp3) is 0.333. The lowest BCUT2D eigenvalue weighted by molar-refractivity contribution is -0.134. The molecule has 6 heteroatoms. The number of likely N-dealkylation sites (N-methyl/N-ethyl adjacent to an activating group) is 1. The van der Waals surface area contributed by atoms with E-state index in [2.05, 4.69) is 0 Å². The van der Waals surface area contributed by atoms with E-state index in [0.29, 0.717) is 16.7 Å². The molecule has 1 heterocycles. The van der Waals surface area contributed by atoms with E-state index in [0.717, 1.165) is 0 Å². The summed E-state index contributed by atoms with van der Waals surface area (Å²) >= 11 is 0. The van der Waals surface area contributed by atoms with E-state index in [1.54, 1.807) is 31.3 Å². The average molecular weight is 290 g/mol. The lowest BCUT2D eigenvalue weighted by Crippen LogP contribution is -2.36. The quantitative estimate of drug-likeness (QED) is 0.688. The molecule has 21 heavy (non-hydrogen) atoms. The third-order valence-electron chi connectivity index (χ3n) is 3.24. The summed E-state index contributed by atoms with van der Waals surface area (Å²) in [7, 11) is 1.66. The van der Waals surface area contributed by atoms with E-state index in [4.69, 9.17) is 14.9 Å². The molecule has 0 aliphatic rings. The SMILES string of the molecule is CC(C)N(C)C(=O)COC(=O)c1cc2cc(N)ccc2o1. The van der Waals surface area contributed by atoms with Crippen LogP contribution in [0.15, 0.2) is 28.7 Å². The number of carbonyl (C=O) groups excluding carboxylic acids is 2. The van der Waals surface area contributed by atoms with Crippen molar-refractivity contribution in [2.75, 3.05) is 19.4 Å². The van der Waals surface area contributed by atoms with Crippen LogP contribution in [-0.2, 0) is 9.53 Å². The highest BCUT2D eigenvalue weighted by molar-refractivity contribution is 5.94. The number of amides is 1. The number of esters is 1. The summed E-state index contributed by atoms with van der Waals surface area (Å²) < 4.78 is 10.3. The van der Waals surface area contributed by atoms with Gasteiger partial charge in [-0.25, -0.2) is 4.79 Å². The number of nitrogen functional groups attached to an aromatic ring is 1. The first-order valence-corrected chi connectivity index (χ1v) is 6.60. The Morgan fingerprint density at radius 3 is 2.71 bits per heavy atom. The van der Waals surface area contributed by atoms with Crippen LogP contribution < -0.4 is 5.73 Å². The second kappa shape index (κ2) is 5.87. The maximum atomic E-state index is 11.9. The van der Waals surface area contributed by atoms with E-state index in [1.807, 2.05) is 13.8 Å². The number of hydrogen-bond acceptors (Lipinski definition) is 5. The van der Waals surface area contributed by atoms with Crippen molar-refractivity contribution in [3.8, 4) is 0 Å². The van der Waals surface area contributed by atoms with E-state index >= 15 is 0 Å². The number of benzene rings is 1. The van der Waals surface area contributed by atoms with Gasteiger partial charge in [-0.05, 0) is 38.1 Å². The molecule has 1 amide bonds. The molecule has 2 N–H and O–H groups in total. The Balaban J connectivity index is 2.04. The Hall–Kier alpha value is -2.50. The van der Waals surface area contributed by atoms with Crippen molar-refractivity contribution in [1.82, 2.24) is 4.90 Å². The summed E-state index contributed by atoms with van der Waals surface area (Å²) in [5.41, 5.74) is 6.79. The van der Waals surface area contributed by atoms with Crippen molar-refractivity contribution in [1.29, 1.82) is 0 Å². The number of nitrogens with two attached hydrogens (primary N) is 1. The third-order valence-corrected chi connectivity index (χ3v) is 3.24. The molecular weight excluding hydrogens is 272 g/mol. The van der Waals surface area contributed by atoms with Gasteiger partial charge in [0.25, 0.3) is 5.91 Å². The van der Waals surface area contributed by atoms with E-state index < -0.39 is 5.97 Å². The predicted molar refractivity (Wildman–Crippen MR) is 78.8 cm³/mol. The van der Waals surface area contributed by atoms with Gasteiger partial charge < -0.3 is 19.8 Å². The van der Waals surface area contributed by atoms with Gasteiger partial charge >= 0.3 is 5.97 Å². The molecule has 0 aliphatic carbocycles. The number of rotatable bonds is 4. The molecule has 2 rings (SSSR count). The van der Waals surface area contributed by atoms with Crippen LogP contribution in [-0.4, -0.2) is 36.5 Å². The van der Waals surface area contributed by atoms with Crippen molar-refractivity contribution in [2.24, 2.45) is 0 Å². The van der Waals surface area contributed by atoms with Crippen LogP contribution in [0.4, 0.5) is 5.69 Å². The van der Waals surface area contributed by atoms with Gasteiger partial charge in [-0.1, -0.05) is 0 Å². The smallest absolute Gasteiger partial charge is 0.374 e. The van der Waals surface area contributed by atoms with Crippen molar-refractivity contribution >= 4 is 28.5 Å². The van der Waals surface area contributed by atoms with Crippen molar-refractivity contribution < 1.29 is 18.7 Å². The highest BCUT2D eigenvalue weighted by atomic mass is 16.5. The van der Waals surface area contributed by atoms with Crippen LogP contribution in [0.3, 0.4) is 0 Å². The number of anilines is 1. The van der Waals surface area contributed by atoms with Crippen molar-refractivity contribution in [2.45, 2.75) is 19.9 Å². The molecule has 1 aromatic heterocycles. The number of carbonyl (C=O) groups is 2. The minimum Gasteiger partial charge on any atom is -0.450 e. The van der Waals surface area contributed by atoms with Gasteiger partial charge in [0.15, 0.2) is 6.61 Å². The van der Waals surface area contributed by atoms with Crippen LogP contribution in [0.2, 0.25) is 0 Å². The Bertz CT molecular complexity index is 675. The van der Waals surface area contributed by atoms with E-state index in [-0.39, 0.29) is 24.3 Å². The maximum Gasteiger partial charge on any atom is 0.374 e. The Morgan fingerprint density at radius 1 is 1.33 bits per heavy atom. The molecule has 0 saturated heterocycles. The zero-order chi connectivity index (χ0) is 15.6. The first kappa shape index (κ1) is 14.9. The molecule has 0 atom stereocenters. The minimum absolute atomic E-state index is 0.0466. The predicted octanol–water partition coefficient (Wildman–Crippen LogP) is 2.04. The second-order valence-electron chi connectivity index (χ2n) is 5.08. The summed E-state index contributed by atoms with van der Waals surface area (Å²) in [5, 5.41) is 0.715. The van der Waals surface area contributed by atoms with E-state index in [9.17, 15) is 9.59 Å². The van der Waals surface area contributed by atoms with Gasteiger partial charge in [0.1, 0.15) is 5.58 Å². The highest BCUT2D eigenvalue weighted by Gasteiger charge is 2.18. The van der Waals surface area contributed by atoms with Crippen LogP contribution in [0.1, 0.15) is 24.4 Å². The molecule has 0 fully saturated rings. The molecule has 0 spiro atoms. The summed E-state index contributed by atoms with van der Waals surface area (Å²) in [4.78, 5) is 25.1. The third kappa shape index (κ3) is 3.34. The molecule has 0 radical (unpaired) electrons. The van der Waals surface area contributed by atoms with Gasteiger partial charge in [-0.2, -0.15) is 0 Å². The molecule has 112 valence electrons. The second-order valence-corrected chi connectivity index (χ2v) is 5.08. The molecule has 6 nitrogen and oxygen atoms in total. The largest absolute Gasteiger partial charge is 0.450 e. The monoisotopic (exact) mass is 290 g/mol. The standard InChI is InChI=1S/C15H18N2O4/c1-9(2)17(3)14(18)8-20-15(19)13-7-10-6-11(16)4-5-12(10)21-13/h4-7,9H,8,16H2,1-3H3. The van der Waals surface area contributed by atoms with Gasteiger partial charge in [0, 0.05) is 24.2 Å². The molecule has 2 aromatic rings. The summed E-state index contributed by atoms with van der Waals surface area (Å²) in [6, 6.07) is 6.66. The molecule has 1 aromatic carbocycles. The topological polar surface area (TPSA) is 85.8 Å². The Kier molecular flexibility index (Phi) is 4.16. The number of hydrogen-bond donors (Lipinski definition) is 1. The zero-order valence-corrected chi connectivity index (χ0v) is 12.3. The molecule has 0 unspecified atom stereocenters. The first-order valence-electron chi connectivity index (χ1n) is 6.60. The number of ether oxygens (including phenoxy) is 1. The molecular formula is C15H18N2O4. The molecule has 0 saturated carbocycles. The Labute approximate surface area is 122 Å². The van der Waals surface area contributed by atoms with Crippen molar-refractivity contribution in [3.63, 3.8) is 0 Å². The summed E-state index contributed by atoms with van der Waals surface area (Å²) in [5.74, 6) is -0.885. The first-order chi connectivity index (χ1) is 9.88. The minimum atomic E-state index is -0.671. The summed E-state index contributed by atoms with van der Waals surface area (Å²) in [6.07, 6.45) is 0. The maximum absolute atomic E-state index is 11.9. The zero-order valence-electron chi connectivity index (χ0n) is 12.3. The lowest BCUT2D eigenvalue weighted by Gasteiger charge is -2.20.